The largest absolute Gasteiger partial charge is 0.502 e. The van der Waals surface area contributed by atoms with E-state index >= 15 is 0 Å². The van der Waals surface area contributed by atoms with E-state index in [2.05, 4.69) is 5.10 Å². The van der Waals surface area contributed by atoms with Crippen molar-refractivity contribution in [3.05, 3.63) is 69.9 Å². The summed E-state index contributed by atoms with van der Waals surface area (Å²) in [5, 5.41) is 34.8. The number of hydrogen-bond acceptors (Lipinski definition) is 5. The molecule has 0 saturated heterocycles. The molecule has 2 N–H and O–H groups in total. The molecule has 0 radical (unpaired) electrons. The number of aromatic nitrogens is 2. The summed E-state index contributed by atoms with van der Waals surface area (Å²) in [5.41, 5.74) is 1.17. The summed E-state index contributed by atoms with van der Waals surface area (Å²) in [5.74, 6) is -1.70. The van der Waals surface area contributed by atoms with Crippen LogP contribution in [0.15, 0.2) is 48.5 Å². The highest BCUT2D eigenvalue weighted by Crippen LogP contribution is 2.34. The number of carboxylic acid groups (broad SMARTS) is 1. The third-order valence-electron chi connectivity index (χ3n) is 3.98. The number of phenols is 1. The van der Waals surface area contributed by atoms with E-state index in [1.54, 1.807) is 12.1 Å². The van der Waals surface area contributed by atoms with Crippen molar-refractivity contribution in [2.45, 2.75) is 13.3 Å². The SMILES string of the molecule is CCc1c(C(=O)O)c(-c2ccc([N+](=O)[O-])c(O)c2)nn1-c1ccccc1. The molecule has 0 spiro atoms. The Bertz CT molecular complexity index is 996. The predicted molar refractivity (Wildman–Crippen MR) is 93.7 cm³/mol. The van der Waals surface area contributed by atoms with Gasteiger partial charge in [0.15, 0.2) is 5.75 Å². The molecule has 1 aromatic heterocycles. The minimum absolute atomic E-state index is 0.00426. The van der Waals surface area contributed by atoms with Gasteiger partial charge in [-0.2, -0.15) is 5.10 Å². The maximum absolute atomic E-state index is 11.9. The molecule has 0 fully saturated rings. The van der Waals surface area contributed by atoms with Crippen LogP contribution in [0.4, 0.5) is 5.69 Å². The van der Waals surface area contributed by atoms with Crippen LogP contribution in [-0.4, -0.2) is 30.9 Å². The molecule has 0 saturated carbocycles. The fraction of sp³-hybridized carbons (Fsp3) is 0.111. The monoisotopic (exact) mass is 353 g/mol. The van der Waals surface area contributed by atoms with E-state index in [0.717, 1.165) is 12.1 Å². The minimum Gasteiger partial charge on any atom is -0.502 e. The number of nitro benzene ring substituents is 1. The van der Waals surface area contributed by atoms with Crippen molar-refractivity contribution in [1.29, 1.82) is 0 Å². The fourth-order valence-corrected chi connectivity index (χ4v) is 2.81. The number of rotatable bonds is 5. The van der Waals surface area contributed by atoms with Crippen molar-refractivity contribution in [2.24, 2.45) is 0 Å². The van der Waals surface area contributed by atoms with Crippen molar-refractivity contribution in [3.63, 3.8) is 0 Å². The quantitative estimate of drug-likeness (QED) is 0.536. The maximum Gasteiger partial charge on any atom is 0.339 e. The van der Waals surface area contributed by atoms with Gasteiger partial charge in [0.2, 0.25) is 0 Å². The van der Waals surface area contributed by atoms with Gasteiger partial charge in [0.05, 0.1) is 16.3 Å². The summed E-state index contributed by atoms with van der Waals surface area (Å²) in [4.78, 5) is 22.0. The van der Waals surface area contributed by atoms with Gasteiger partial charge in [0.1, 0.15) is 11.3 Å². The average Bonchev–Trinajstić information content (AvgIpc) is 3.02. The molecular weight excluding hydrogens is 338 g/mol. The lowest BCUT2D eigenvalue weighted by atomic mass is 10.0. The van der Waals surface area contributed by atoms with E-state index in [9.17, 15) is 25.1 Å². The highest BCUT2D eigenvalue weighted by atomic mass is 16.6. The number of carboxylic acids is 1. The van der Waals surface area contributed by atoms with Gasteiger partial charge in [-0.15, -0.1) is 0 Å². The first kappa shape index (κ1) is 17.2. The van der Waals surface area contributed by atoms with E-state index in [1.165, 1.54) is 10.7 Å². The van der Waals surface area contributed by atoms with Crippen LogP contribution in [0.5, 0.6) is 5.75 Å². The highest BCUT2D eigenvalue weighted by molar-refractivity contribution is 5.96. The lowest BCUT2D eigenvalue weighted by Crippen LogP contribution is -2.05. The Kier molecular flexibility index (Phi) is 4.40. The van der Waals surface area contributed by atoms with Gasteiger partial charge in [-0.05, 0) is 30.7 Å². The number of hydrogen-bond donors (Lipinski definition) is 2. The fourth-order valence-electron chi connectivity index (χ4n) is 2.81. The second kappa shape index (κ2) is 6.67. The van der Waals surface area contributed by atoms with Gasteiger partial charge >= 0.3 is 11.7 Å². The van der Waals surface area contributed by atoms with Gasteiger partial charge in [0.25, 0.3) is 0 Å². The summed E-state index contributed by atoms with van der Waals surface area (Å²) in [6.07, 6.45) is 0.419. The molecule has 0 atom stereocenters. The normalized spacial score (nSPS) is 10.7. The van der Waals surface area contributed by atoms with Gasteiger partial charge in [-0.1, -0.05) is 25.1 Å². The molecule has 1 heterocycles. The second-order valence-corrected chi connectivity index (χ2v) is 5.54. The van der Waals surface area contributed by atoms with Crippen LogP contribution in [-0.2, 0) is 6.42 Å². The lowest BCUT2D eigenvalue weighted by molar-refractivity contribution is -0.385. The number of aromatic hydroxyl groups is 1. The third-order valence-corrected chi connectivity index (χ3v) is 3.98. The summed E-state index contributed by atoms with van der Waals surface area (Å²) in [6.45, 7) is 1.82. The number of carbonyl (C=O) groups is 1. The Hall–Kier alpha value is -3.68. The first-order valence-corrected chi connectivity index (χ1v) is 7.82. The lowest BCUT2D eigenvalue weighted by Gasteiger charge is -2.05. The van der Waals surface area contributed by atoms with Crippen molar-refractivity contribution in [1.82, 2.24) is 9.78 Å². The number of nitro groups is 1. The molecule has 0 bridgehead atoms. The number of phenolic OH excluding ortho intramolecular Hbond substituents is 1. The molecule has 3 aromatic rings. The van der Waals surface area contributed by atoms with Crippen LogP contribution in [0, 0.1) is 10.1 Å². The Morgan fingerprint density at radius 1 is 1.23 bits per heavy atom. The first-order chi connectivity index (χ1) is 12.4. The molecule has 8 heteroatoms. The number of aromatic carboxylic acids is 1. The van der Waals surface area contributed by atoms with Crippen molar-refractivity contribution in [2.75, 3.05) is 0 Å². The zero-order valence-electron chi connectivity index (χ0n) is 13.8. The third kappa shape index (κ3) is 2.88. The van der Waals surface area contributed by atoms with Crippen LogP contribution in [0.25, 0.3) is 16.9 Å². The van der Waals surface area contributed by atoms with Gasteiger partial charge in [0, 0.05) is 11.6 Å². The molecule has 3 rings (SSSR count). The van der Waals surface area contributed by atoms with Crippen LogP contribution in [0.2, 0.25) is 0 Å². The molecule has 0 aliphatic rings. The van der Waals surface area contributed by atoms with Gasteiger partial charge < -0.3 is 10.2 Å². The van der Waals surface area contributed by atoms with Crippen LogP contribution in [0.1, 0.15) is 23.0 Å². The van der Waals surface area contributed by atoms with Crippen molar-refractivity contribution < 1.29 is 19.9 Å². The Morgan fingerprint density at radius 2 is 1.92 bits per heavy atom. The molecule has 0 aliphatic heterocycles. The minimum atomic E-state index is -1.16. The summed E-state index contributed by atoms with van der Waals surface area (Å²) in [7, 11) is 0. The first-order valence-electron chi connectivity index (χ1n) is 7.82. The van der Waals surface area contributed by atoms with Crippen molar-refractivity contribution >= 4 is 11.7 Å². The number of nitrogens with zero attached hydrogens (tertiary/aromatic N) is 3. The standard InChI is InChI=1S/C18H15N3O5/c1-2-13-16(18(23)24)17(19-20(13)12-6-4-3-5-7-12)11-8-9-14(21(25)26)15(22)10-11/h3-10,22H,2H2,1H3,(H,23,24). The number of benzene rings is 2. The Morgan fingerprint density at radius 3 is 2.46 bits per heavy atom. The zero-order chi connectivity index (χ0) is 18.8. The van der Waals surface area contributed by atoms with Crippen LogP contribution in [0.3, 0.4) is 0 Å². The maximum atomic E-state index is 11.9. The summed E-state index contributed by atoms with van der Waals surface area (Å²) < 4.78 is 1.54. The zero-order valence-corrected chi connectivity index (χ0v) is 13.8. The van der Waals surface area contributed by atoms with E-state index < -0.39 is 22.3 Å². The Balaban J connectivity index is 2.25. The molecule has 0 unspecified atom stereocenters. The smallest absolute Gasteiger partial charge is 0.339 e. The number of para-hydroxylation sites is 1. The van der Waals surface area contributed by atoms with Gasteiger partial charge in [-0.3, -0.25) is 10.1 Å². The second-order valence-electron chi connectivity index (χ2n) is 5.54. The van der Waals surface area contributed by atoms with Crippen LogP contribution < -0.4 is 0 Å². The average molecular weight is 353 g/mol. The molecule has 8 nitrogen and oxygen atoms in total. The van der Waals surface area contributed by atoms with E-state index in [4.69, 9.17) is 0 Å². The summed E-state index contributed by atoms with van der Waals surface area (Å²) in [6, 6.07) is 12.7. The molecular formula is C18H15N3O5. The topological polar surface area (TPSA) is 118 Å². The van der Waals surface area contributed by atoms with Crippen LogP contribution >= 0.6 is 0 Å². The Labute approximate surface area is 148 Å². The highest BCUT2D eigenvalue weighted by Gasteiger charge is 2.25. The molecule has 26 heavy (non-hydrogen) atoms. The van der Waals surface area contributed by atoms with E-state index in [-0.39, 0.29) is 16.8 Å². The van der Waals surface area contributed by atoms with Crippen molar-refractivity contribution in [3.8, 4) is 22.7 Å². The molecule has 2 aromatic carbocycles. The van der Waals surface area contributed by atoms with E-state index in [0.29, 0.717) is 17.8 Å². The molecule has 132 valence electrons. The summed E-state index contributed by atoms with van der Waals surface area (Å²) >= 11 is 0. The van der Waals surface area contributed by atoms with E-state index in [1.807, 2.05) is 25.1 Å². The predicted octanol–water partition coefficient (Wildman–Crippen LogP) is 3.41. The van der Waals surface area contributed by atoms with Gasteiger partial charge in [-0.25, -0.2) is 9.48 Å². The molecule has 0 aliphatic carbocycles. The molecule has 0 amide bonds.